The zero-order chi connectivity index (χ0) is 22.1. The van der Waals surface area contributed by atoms with Crippen LogP contribution in [0.5, 0.6) is 5.75 Å². The van der Waals surface area contributed by atoms with E-state index < -0.39 is 23.3 Å². The molecule has 1 heterocycles. The number of esters is 1. The Balaban J connectivity index is 1.65. The van der Waals surface area contributed by atoms with Crippen LogP contribution < -0.4 is 4.74 Å². The maximum absolute atomic E-state index is 13.1. The van der Waals surface area contributed by atoms with Crippen molar-refractivity contribution in [3.63, 3.8) is 0 Å². The average molecular weight is 428 g/mol. The van der Waals surface area contributed by atoms with Crippen molar-refractivity contribution in [2.75, 3.05) is 26.2 Å². The molecule has 9 heteroatoms. The molecule has 0 aromatic heterocycles. The molecule has 1 saturated heterocycles. The van der Waals surface area contributed by atoms with Gasteiger partial charge in [0.05, 0.1) is 11.5 Å². The highest BCUT2D eigenvalue weighted by molar-refractivity contribution is 5.77. The first-order valence-electron chi connectivity index (χ1n) is 10.0. The summed E-state index contributed by atoms with van der Waals surface area (Å²) in [5.74, 6) is -0.744. The van der Waals surface area contributed by atoms with Crippen molar-refractivity contribution in [1.82, 2.24) is 9.80 Å². The van der Waals surface area contributed by atoms with E-state index in [4.69, 9.17) is 9.47 Å². The Morgan fingerprint density at radius 1 is 1.07 bits per heavy atom. The van der Waals surface area contributed by atoms with Crippen LogP contribution in [0.2, 0.25) is 0 Å². The third kappa shape index (κ3) is 6.10. The Hall–Kier alpha value is -2.29. The molecule has 1 aromatic carbocycles. The third-order valence-corrected chi connectivity index (χ3v) is 4.93. The molecule has 0 bridgehead atoms. The summed E-state index contributed by atoms with van der Waals surface area (Å²) in [5.41, 5.74) is -0.906. The molecule has 1 aliphatic carbocycles. The van der Waals surface area contributed by atoms with Crippen LogP contribution in [0.4, 0.5) is 18.0 Å². The minimum atomic E-state index is -4.52. The van der Waals surface area contributed by atoms with E-state index >= 15 is 0 Å². The summed E-state index contributed by atoms with van der Waals surface area (Å²) in [6.45, 7) is 7.71. The van der Waals surface area contributed by atoms with E-state index in [1.165, 1.54) is 6.07 Å². The Morgan fingerprint density at radius 2 is 1.70 bits per heavy atom. The Bertz CT molecular complexity index is 792. The molecular formula is C21H27F3N2O4. The number of carbonyl (C=O) groups is 2. The number of halogens is 3. The fourth-order valence-electron chi connectivity index (χ4n) is 3.12. The molecule has 166 valence electrons. The number of rotatable bonds is 4. The number of piperazine rings is 1. The highest BCUT2D eigenvalue weighted by Gasteiger charge is 2.35. The molecule has 1 aliphatic heterocycles. The van der Waals surface area contributed by atoms with Crippen LogP contribution in [0.3, 0.4) is 0 Å². The molecule has 0 spiro atoms. The van der Waals surface area contributed by atoms with Gasteiger partial charge in [0.15, 0.2) is 0 Å². The molecule has 2 aliphatic rings. The molecule has 0 unspecified atom stereocenters. The predicted octanol–water partition coefficient (Wildman–Crippen LogP) is 4.07. The van der Waals surface area contributed by atoms with E-state index in [9.17, 15) is 22.8 Å². The zero-order valence-electron chi connectivity index (χ0n) is 17.4. The molecule has 6 nitrogen and oxygen atoms in total. The van der Waals surface area contributed by atoms with Crippen LogP contribution in [-0.4, -0.2) is 53.6 Å². The van der Waals surface area contributed by atoms with E-state index in [1.807, 2.05) is 4.90 Å². The number of ether oxygens (including phenoxy) is 2. The second-order valence-electron chi connectivity index (χ2n) is 8.76. The Kier molecular flexibility index (Phi) is 6.31. The minimum Gasteiger partial charge on any atom is -0.444 e. The van der Waals surface area contributed by atoms with Crippen LogP contribution in [0, 0.1) is 5.92 Å². The molecule has 3 rings (SSSR count). The van der Waals surface area contributed by atoms with Gasteiger partial charge in [-0.15, -0.1) is 0 Å². The average Bonchev–Trinajstić information content (AvgIpc) is 3.46. The number of alkyl halides is 3. The Morgan fingerprint density at radius 3 is 2.23 bits per heavy atom. The first kappa shape index (κ1) is 22.4. The van der Waals surface area contributed by atoms with Gasteiger partial charge in [-0.25, -0.2) is 4.79 Å². The lowest BCUT2D eigenvalue weighted by atomic mass is 10.1. The molecule has 0 N–H and O–H groups in total. The lowest BCUT2D eigenvalue weighted by Crippen LogP contribution is -2.49. The van der Waals surface area contributed by atoms with Gasteiger partial charge in [-0.1, -0.05) is 6.07 Å². The lowest BCUT2D eigenvalue weighted by molar-refractivity contribution is -0.139. The maximum atomic E-state index is 13.1. The summed E-state index contributed by atoms with van der Waals surface area (Å²) >= 11 is 0. The summed E-state index contributed by atoms with van der Waals surface area (Å²) in [4.78, 5) is 27.8. The summed E-state index contributed by atoms with van der Waals surface area (Å²) in [7, 11) is 0. The number of nitrogens with zero attached hydrogens (tertiary/aromatic N) is 2. The van der Waals surface area contributed by atoms with E-state index in [-0.39, 0.29) is 17.8 Å². The van der Waals surface area contributed by atoms with Crippen LogP contribution >= 0.6 is 0 Å². The van der Waals surface area contributed by atoms with Crippen LogP contribution in [0.1, 0.15) is 44.7 Å². The minimum absolute atomic E-state index is 0.0451. The largest absolute Gasteiger partial charge is 0.444 e. The molecule has 0 radical (unpaired) electrons. The highest BCUT2D eigenvalue weighted by atomic mass is 19.4. The summed E-state index contributed by atoms with van der Waals surface area (Å²) in [6.07, 6.45) is -3.48. The zero-order valence-corrected chi connectivity index (χ0v) is 17.4. The predicted molar refractivity (Wildman–Crippen MR) is 103 cm³/mol. The number of amides is 1. The SMILES string of the molecule is CC(C)(C)OC(=O)N1CCN(Cc2ccc(C(F)(F)F)cc2OC(=O)C2CC2)CC1. The van der Waals surface area contributed by atoms with Crippen molar-refractivity contribution in [2.24, 2.45) is 5.92 Å². The van der Waals surface area contributed by atoms with Crippen LogP contribution in [0.15, 0.2) is 18.2 Å². The molecule has 0 atom stereocenters. The molecule has 1 saturated carbocycles. The fourth-order valence-corrected chi connectivity index (χ4v) is 3.12. The topological polar surface area (TPSA) is 59.1 Å². The van der Waals surface area contributed by atoms with Gasteiger partial charge in [-0.05, 0) is 45.7 Å². The van der Waals surface area contributed by atoms with Crippen molar-refractivity contribution in [1.29, 1.82) is 0 Å². The van der Waals surface area contributed by atoms with Crippen molar-refractivity contribution >= 4 is 12.1 Å². The van der Waals surface area contributed by atoms with Gasteiger partial charge in [0.25, 0.3) is 0 Å². The van der Waals surface area contributed by atoms with E-state index in [1.54, 1.807) is 25.7 Å². The van der Waals surface area contributed by atoms with Gasteiger partial charge in [0, 0.05) is 38.3 Å². The summed E-state index contributed by atoms with van der Waals surface area (Å²) in [6, 6.07) is 3.26. The van der Waals surface area contributed by atoms with Gasteiger partial charge in [-0.3, -0.25) is 9.69 Å². The summed E-state index contributed by atoms with van der Waals surface area (Å²) < 4.78 is 50.0. The molecular weight excluding hydrogens is 401 g/mol. The number of carbonyl (C=O) groups excluding carboxylic acids is 2. The molecule has 1 aromatic rings. The van der Waals surface area contributed by atoms with Crippen LogP contribution in [-0.2, 0) is 22.3 Å². The lowest BCUT2D eigenvalue weighted by Gasteiger charge is -2.35. The second kappa shape index (κ2) is 8.45. The van der Waals surface area contributed by atoms with Crippen molar-refractivity contribution in [3.05, 3.63) is 29.3 Å². The maximum Gasteiger partial charge on any atom is 0.416 e. The van der Waals surface area contributed by atoms with Crippen molar-refractivity contribution in [3.8, 4) is 5.75 Å². The van der Waals surface area contributed by atoms with Gasteiger partial charge in [0.1, 0.15) is 11.4 Å². The first-order chi connectivity index (χ1) is 13.9. The summed E-state index contributed by atoms with van der Waals surface area (Å²) in [5, 5.41) is 0. The molecule has 30 heavy (non-hydrogen) atoms. The van der Waals surface area contributed by atoms with Crippen molar-refractivity contribution in [2.45, 2.75) is 51.9 Å². The smallest absolute Gasteiger partial charge is 0.416 e. The number of hydrogen-bond acceptors (Lipinski definition) is 5. The van der Waals surface area contributed by atoms with Gasteiger partial charge in [-0.2, -0.15) is 13.2 Å². The first-order valence-corrected chi connectivity index (χ1v) is 10.0. The number of benzene rings is 1. The van der Waals surface area contributed by atoms with E-state index in [0.29, 0.717) is 51.1 Å². The van der Waals surface area contributed by atoms with Gasteiger partial charge in [0.2, 0.25) is 0 Å². The van der Waals surface area contributed by atoms with Gasteiger partial charge >= 0.3 is 18.2 Å². The van der Waals surface area contributed by atoms with Gasteiger partial charge < -0.3 is 14.4 Å². The van der Waals surface area contributed by atoms with Crippen molar-refractivity contribution < 1.29 is 32.2 Å². The number of hydrogen-bond donors (Lipinski definition) is 0. The monoisotopic (exact) mass is 428 g/mol. The normalized spacial score (nSPS) is 18.3. The molecule has 1 amide bonds. The van der Waals surface area contributed by atoms with Crippen LogP contribution in [0.25, 0.3) is 0 Å². The standard InChI is InChI=1S/C21H27F3N2O4/c1-20(2,3)30-19(28)26-10-8-25(9-11-26)13-15-6-7-16(21(22,23)24)12-17(15)29-18(27)14-4-5-14/h6-7,12,14H,4-5,8-11,13H2,1-3H3. The Labute approximate surface area is 173 Å². The highest BCUT2D eigenvalue weighted by Crippen LogP contribution is 2.36. The quantitative estimate of drug-likeness (QED) is 0.535. The van der Waals surface area contributed by atoms with E-state index in [2.05, 4.69) is 0 Å². The second-order valence-corrected chi connectivity index (χ2v) is 8.76. The fraction of sp³-hybridized carbons (Fsp3) is 0.619. The third-order valence-electron chi connectivity index (χ3n) is 4.93. The molecule has 2 fully saturated rings. The van der Waals surface area contributed by atoms with E-state index in [0.717, 1.165) is 12.1 Å².